The van der Waals surface area contributed by atoms with E-state index in [2.05, 4.69) is 43.9 Å². The van der Waals surface area contributed by atoms with E-state index < -0.39 is 0 Å². The van der Waals surface area contributed by atoms with Crippen molar-refractivity contribution in [1.29, 1.82) is 0 Å². The molecule has 1 aromatic carbocycles. The number of anilines is 1. The molecule has 0 fully saturated rings. The van der Waals surface area contributed by atoms with Gasteiger partial charge in [-0.25, -0.2) is 0 Å². The average molecular weight is 287 g/mol. The standard InChI is InChI=1S/C17H21NOS/c1-4-14-10-11-17(20-14)16(19)12-18(5-2)15-9-7-6-8-13(15)3/h6-11H,4-5,12H2,1-3H3. The van der Waals surface area contributed by atoms with E-state index in [1.165, 1.54) is 10.4 Å². The summed E-state index contributed by atoms with van der Waals surface area (Å²) in [7, 11) is 0. The van der Waals surface area contributed by atoms with Crippen LogP contribution < -0.4 is 4.90 Å². The minimum absolute atomic E-state index is 0.208. The summed E-state index contributed by atoms with van der Waals surface area (Å²) < 4.78 is 0. The monoisotopic (exact) mass is 287 g/mol. The van der Waals surface area contributed by atoms with Crippen molar-refractivity contribution in [2.45, 2.75) is 27.2 Å². The van der Waals surface area contributed by atoms with Gasteiger partial charge in [0.05, 0.1) is 11.4 Å². The normalized spacial score (nSPS) is 10.6. The van der Waals surface area contributed by atoms with Gasteiger partial charge in [0.1, 0.15) is 0 Å². The second-order valence-electron chi connectivity index (χ2n) is 4.84. The lowest BCUT2D eigenvalue weighted by Gasteiger charge is -2.23. The van der Waals surface area contributed by atoms with Crippen molar-refractivity contribution in [2.24, 2.45) is 0 Å². The number of para-hydroxylation sites is 1. The molecule has 2 rings (SSSR count). The Kier molecular flexibility index (Phi) is 4.96. The van der Waals surface area contributed by atoms with Gasteiger partial charge in [0.25, 0.3) is 0 Å². The number of hydrogen-bond acceptors (Lipinski definition) is 3. The number of nitrogens with zero attached hydrogens (tertiary/aromatic N) is 1. The van der Waals surface area contributed by atoms with Gasteiger partial charge in [-0.2, -0.15) is 0 Å². The number of carbonyl (C=O) groups is 1. The van der Waals surface area contributed by atoms with Crippen molar-refractivity contribution in [2.75, 3.05) is 18.0 Å². The predicted molar refractivity (Wildman–Crippen MR) is 87.1 cm³/mol. The highest BCUT2D eigenvalue weighted by Gasteiger charge is 2.14. The number of Topliss-reactive ketones (excluding diaryl/α,β-unsaturated/α-hetero) is 1. The van der Waals surface area contributed by atoms with E-state index >= 15 is 0 Å². The molecule has 0 aliphatic carbocycles. The lowest BCUT2D eigenvalue weighted by Crippen LogP contribution is -2.29. The third-order valence-electron chi connectivity index (χ3n) is 3.46. The van der Waals surface area contributed by atoms with E-state index in [4.69, 9.17) is 0 Å². The molecule has 1 heterocycles. The first kappa shape index (κ1) is 14.8. The van der Waals surface area contributed by atoms with Crippen LogP contribution in [0.15, 0.2) is 36.4 Å². The van der Waals surface area contributed by atoms with Crippen LogP contribution in [0.2, 0.25) is 0 Å². The topological polar surface area (TPSA) is 20.3 Å². The van der Waals surface area contributed by atoms with Crippen LogP contribution in [0, 0.1) is 6.92 Å². The maximum atomic E-state index is 12.4. The van der Waals surface area contributed by atoms with Crippen LogP contribution in [0.3, 0.4) is 0 Å². The van der Waals surface area contributed by atoms with Gasteiger partial charge in [-0.3, -0.25) is 4.79 Å². The summed E-state index contributed by atoms with van der Waals surface area (Å²) in [6.45, 7) is 7.58. The number of carbonyl (C=O) groups excluding carboxylic acids is 1. The quantitative estimate of drug-likeness (QED) is 0.737. The van der Waals surface area contributed by atoms with Crippen molar-refractivity contribution < 1.29 is 4.79 Å². The lowest BCUT2D eigenvalue weighted by atomic mass is 10.1. The lowest BCUT2D eigenvalue weighted by molar-refractivity contribution is 0.100. The van der Waals surface area contributed by atoms with Crippen LogP contribution in [0.25, 0.3) is 0 Å². The van der Waals surface area contributed by atoms with Gasteiger partial charge in [-0.05, 0) is 44.0 Å². The highest BCUT2D eigenvalue weighted by molar-refractivity contribution is 7.14. The molecule has 0 N–H and O–H groups in total. The molecule has 0 bridgehead atoms. The molecule has 0 aliphatic heterocycles. The van der Waals surface area contributed by atoms with Gasteiger partial charge in [0.2, 0.25) is 0 Å². The van der Waals surface area contributed by atoms with Gasteiger partial charge in [0.15, 0.2) is 5.78 Å². The first-order valence-electron chi connectivity index (χ1n) is 7.08. The Morgan fingerprint density at radius 1 is 1.15 bits per heavy atom. The fourth-order valence-corrected chi connectivity index (χ4v) is 3.13. The molecule has 2 nitrogen and oxygen atoms in total. The Morgan fingerprint density at radius 2 is 1.90 bits per heavy atom. The van der Waals surface area contributed by atoms with Crippen molar-refractivity contribution in [3.05, 3.63) is 51.7 Å². The first-order chi connectivity index (χ1) is 9.65. The molecule has 0 aliphatic rings. The van der Waals surface area contributed by atoms with E-state index in [0.29, 0.717) is 6.54 Å². The first-order valence-corrected chi connectivity index (χ1v) is 7.89. The summed E-state index contributed by atoms with van der Waals surface area (Å²) in [4.78, 5) is 16.7. The summed E-state index contributed by atoms with van der Waals surface area (Å²) >= 11 is 1.62. The van der Waals surface area contributed by atoms with Crippen LogP contribution in [0.1, 0.15) is 34.0 Å². The molecule has 0 radical (unpaired) electrons. The molecule has 2 aromatic rings. The van der Waals surface area contributed by atoms with E-state index in [-0.39, 0.29) is 5.78 Å². The van der Waals surface area contributed by atoms with Crippen molar-refractivity contribution in [3.63, 3.8) is 0 Å². The predicted octanol–water partition coefficient (Wildman–Crippen LogP) is 4.33. The minimum atomic E-state index is 0.208. The van der Waals surface area contributed by atoms with Crippen molar-refractivity contribution in [1.82, 2.24) is 0 Å². The minimum Gasteiger partial charge on any atom is -0.364 e. The third kappa shape index (κ3) is 3.28. The number of rotatable bonds is 6. The van der Waals surface area contributed by atoms with Gasteiger partial charge in [-0.1, -0.05) is 25.1 Å². The Hall–Kier alpha value is -1.61. The smallest absolute Gasteiger partial charge is 0.191 e. The molecule has 0 atom stereocenters. The highest BCUT2D eigenvalue weighted by Crippen LogP contribution is 2.22. The van der Waals surface area contributed by atoms with Crippen LogP contribution >= 0.6 is 11.3 Å². The van der Waals surface area contributed by atoms with Crippen LogP contribution in [0.4, 0.5) is 5.69 Å². The summed E-state index contributed by atoms with van der Waals surface area (Å²) in [5.74, 6) is 0.208. The van der Waals surface area contributed by atoms with E-state index in [1.807, 2.05) is 18.2 Å². The molecule has 3 heteroatoms. The van der Waals surface area contributed by atoms with E-state index in [1.54, 1.807) is 11.3 Å². The maximum Gasteiger partial charge on any atom is 0.191 e. The molecular formula is C17H21NOS. The van der Waals surface area contributed by atoms with Crippen LogP contribution in [0.5, 0.6) is 0 Å². The molecule has 0 saturated heterocycles. The number of benzene rings is 1. The number of hydrogen-bond donors (Lipinski definition) is 0. The molecular weight excluding hydrogens is 266 g/mol. The summed E-state index contributed by atoms with van der Waals surface area (Å²) in [5, 5.41) is 0. The van der Waals surface area contributed by atoms with Gasteiger partial charge >= 0.3 is 0 Å². The van der Waals surface area contributed by atoms with E-state index in [9.17, 15) is 4.79 Å². The Labute approximate surface area is 125 Å². The third-order valence-corrected chi connectivity index (χ3v) is 4.73. The van der Waals surface area contributed by atoms with Gasteiger partial charge in [-0.15, -0.1) is 11.3 Å². The van der Waals surface area contributed by atoms with Crippen LogP contribution in [-0.2, 0) is 6.42 Å². The number of aryl methyl sites for hydroxylation is 2. The Morgan fingerprint density at radius 3 is 2.50 bits per heavy atom. The van der Waals surface area contributed by atoms with Crippen molar-refractivity contribution in [3.8, 4) is 0 Å². The second kappa shape index (κ2) is 6.71. The number of likely N-dealkylation sites (N-methyl/N-ethyl adjacent to an activating group) is 1. The van der Waals surface area contributed by atoms with Crippen LogP contribution in [-0.4, -0.2) is 18.9 Å². The number of ketones is 1. The molecule has 0 saturated carbocycles. The fraction of sp³-hybridized carbons (Fsp3) is 0.353. The summed E-state index contributed by atoms with van der Waals surface area (Å²) in [6.07, 6.45) is 0.993. The molecule has 0 spiro atoms. The Balaban J connectivity index is 2.14. The van der Waals surface area contributed by atoms with Crippen molar-refractivity contribution >= 4 is 22.8 Å². The zero-order valence-corrected chi connectivity index (χ0v) is 13.2. The zero-order valence-electron chi connectivity index (χ0n) is 12.3. The molecule has 20 heavy (non-hydrogen) atoms. The zero-order chi connectivity index (χ0) is 14.5. The van der Waals surface area contributed by atoms with Gasteiger partial charge < -0.3 is 4.90 Å². The summed E-state index contributed by atoms with van der Waals surface area (Å²) in [6, 6.07) is 12.2. The number of thiophene rings is 1. The highest BCUT2D eigenvalue weighted by atomic mass is 32.1. The second-order valence-corrected chi connectivity index (χ2v) is 6.01. The molecule has 106 valence electrons. The van der Waals surface area contributed by atoms with E-state index in [0.717, 1.165) is 23.5 Å². The summed E-state index contributed by atoms with van der Waals surface area (Å²) in [5.41, 5.74) is 2.36. The van der Waals surface area contributed by atoms with Gasteiger partial charge in [0, 0.05) is 17.1 Å². The maximum absolute atomic E-state index is 12.4. The molecule has 0 amide bonds. The SMILES string of the molecule is CCc1ccc(C(=O)CN(CC)c2ccccc2C)s1. The largest absolute Gasteiger partial charge is 0.364 e. The fourth-order valence-electron chi connectivity index (χ4n) is 2.25. The molecule has 0 unspecified atom stereocenters. The molecule has 1 aromatic heterocycles. The Bertz CT molecular complexity index is 588. The average Bonchev–Trinajstić information content (AvgIpc) is 2.94.